The van der Waals surface area contributed by atoms with E-state index in [1.54, 1.807) is 38.4 Å². The van der Waals surface area contributed by atoms with Gasteiger partial charge in [-0.1, -0.05) is 42.8 Å². The monoisotopic (exact) mass is 417 g/mol. The van der Waals surface area contributed by atoms with Gasteiger partial charge in [-0.25, -0.2) is 8.42 Å². The number of benzene rings is 2. The highest BCUT2D eigenvalue weighted by Gasteiger charge is 2.20. The molecular formula is C22H31N3O3S. The van der Waals surface area contributed by atoms with Crippen molar-refractivity contribution in [1.29, 1.82) is 0 Å². The molecule has 1 unspecified atom stereocenters. The van der Waals surface area contributed by atoms with E-state index >= 15 is 0 Å². The van der Waals surface area contributed by atoms with E-state index in [9.17, 15) is 8.42 Å². The number of aliphatic imine (C=N–C) groups is 1. The fourth-order valence-corrected chi connectivity index (χ4v) is 4.67. The SMILES string of the molecule is CCC(CS(=O)(=O)c1ccccc1)NC(=NC)NCCc1cc(C)ccc1OC. The molecule has 1 atom stereocenters. The van der Waals surface area contributed by atoms with Crippen LogP contribution < -0.4 is 15.4 Å². The number of ether oxygens (including phenoxy) is 1. The van der Waals surface area contributed by atoms with Crippen LogP contribution in [-0.2, 0) is 16.3 Å². The van der Waals surface area contributed by atoms with Crippen LogP contribution in [-0.4, -0.2) is 46.9 Å². The van der Waals surface area contributed by atoms with E-state index < -0.39 is 9.84 Å². The van der Waals surface area contributed by atoms with Crippen molar-refractivity contribution in [3.05, 3.63) is 59.7 Å². The number of hydrogen-bond acceptors (Lipinski definition) is 4. The summed E-state index contributed by atoms with van der Waals surface area (Å²) in [6, 6.07) is 14.4. The number of sulfone groups is 1. The standard InChI is InChI=1S/C22H31N3O3S/c1-5-19(16-29(26,27)20-9-7-6-8-10-20)25-22(23-3)24-14-13-18-15-17(2)11-12-21(18)28-4/h6-12,15,19H,5,13-14,16H2,1-4H3,(H2,23,24,25). The maximum atomic E-state index is 12.7. The molecule has 2 N–H and O–H groups in total. The minimum absolute atomic E-state index is 0.0138. The zero-order chi connectivity index (χ0) is 21.3. The molecule has 0 heterocycles. The molecule has 0 saturated carbocycles. The first kappa shape index (κ1) is 22.7. The van der Waals surface area contributed by atoms with Crippen molar-refractivity contribution in [1.82, 2.24) is 10.6 Å². The first-order valence-corrected chi connectivity index (χ1v) is 11.4. The Hall–Kier alpha value is -2.54. The number of hydrogen-bond donors (Lipinski definition) is 2. The van der Waals surface area contributed by atoms with Crippen molar-refractivity contribution in [2.24, 2.45) is 4.99 Å². The van der Waals surface area contributed by atoms with Gasteiger partial charge in [0.25, 0.3) is 0 Å². The minimum Gasteiger partial charge on any atom is -0.496 e. The summed E-state index contributed by atoms with van der Waals surface area (Å²) in [6.07, 6.45) is 1.43. The topological polar surface area (TPSA) is 79.8 Å². The van der Waals surface area contributed by atoms with E-state index in [-0.39, 0.29) is 11.8 Å². The minimum atomic E-state index is -3.36. The van der Waals surface area contributed by atoms with Gasteiger partial charge in [0.05, 0.1) is 17.8 Å². The third-order valence-corrected chi connectivity index (χ3v) is 6.53. The van der Waals surface area contributed by atoms with E-state index in [1.165, 1.54) is 5.56 Å². The van der Waals surface area contributed by atoms with Crippen molar-refractivity contribution >= 4 is 15.8 Å². The van der Waals surface area contributed by atoms with Crippen LogP contribution in [0.4, 0.5) is 0 Å². The molecule has 0 aliphatic heterocycles. The van der Waals surface area contributed by atoms with Gasteiger partial charge < -0.3 is 15.4 Å². The summed E-state index contributed by atoms with van der Waals surface area (Å²) in [5.41, 5.74) is 2.30. The van der Waals surface area contributed by atoms with E-state index in [0.717, 1.165) is 17.7 Å². The van der Waals surface area contributed by atoms with Crippen molar-refractivity contribution in [3.8, 4) is 5.75 Å². The van der Waals surface area contributed by atoms with Crippen LogP contribution >= 0.6 is 0 Å². The Balaban J connectivity index is 1.95. The summed E-state index contributed by atoms with van der Waals surface area (Å²) in [7, 11) is -0.0152. The number of aryl methyl sites for hydroxylation is 1. The Morgan fingerprint density at radius 3 is 2.52 bits per heavy atom. The van der Waals surface area contributed by atoms with Crippen molar-refractivity contribution in [2.45, 2.75) is 37.6 Å². The summed E-state index contributed by atoms with van der Waals surface area (Å²) in [5, 5.41) is 6.50. The highest BCUT2D eigenvalue weighted by Crippen LogP contribution is 2.19. The van der Waals surface area contributed by atoms with Crippen molar-refractivity contribution < 1.29 is 13.2 Å². The number of guanidine groups is 1. The molecule has 2 aromatic carbocycles. The van der Waals surface area contributed by atoms with Gasteiger partial charge in [0.1, 0.15) is 5.75 Å². The normalized spacial score (nSPS) is 13.0. The van der Waals surface area contributed by atoms with Crippen LogP contribution in [0, 0.1) is 6.92 Å². The molecule has 6 nitrogen and oxygen atoms in total. The van der Waals surface area contributed by atoms with Gasteiger partial charge in [-0.05, 0) is 43.5 Å². The fraction of sp³-hybridized carbons (Fsp3) is 0.409. The van der Waals surface area contributed by atoms with Gasteiger partial charge in [-0.2, -0.15) is 0 Å². The van der Waals surface area contributed by atoms with E-state index in [4.69, 9.17) is 4.74 Å². The maximum absolute atomic E-state index is 12.7. The summed E-state index contributed by atoms with van der Waals surface area (Å²) >= 11 is 0. The van der Waals surface area contributed by atoms with E-state index in [0.29, 0.717) is 23.8 Å². The average molecular weight is 418 g/mol. The van der Waals surface area contributed by atoms with Crippen LogP contribution in [0.5, 0.6) is 5.75 Å². The molecule has 7 heteroatoms. The molecular weight excluding hydrogens is 386 g/mol. The van der Waals surface area contributed by atoms with Gasteiger partial charge in [-0.15, -0.1) is 0 Å². The largest absolute Gasteiger partial charge is 0.496 e. The van der Waals surface area contributed by atoms with Gasteiger partial charge in [0.15, 0.2) is 15.8 Å². The van der Waals surface area contributed by atoms with Gasteiger partial charge in [-0.3, -0.25) is 4.99 Å². The smallest absolute Gasteiger partial charge is 0.191 e. The second-order valence-corrected chi connectivity index (χ2v) is 8.94. The van der Waals surface area contributed by atoms with E-state index in [2.05, 4.69) is 28.6 Å². The quantitative estimate of drug-likeness (QED) is 0.484. The lowest BCUT2D eigenvalue weighted by molar-refractivity contribution is 0.409. The third-order valence-electron chi connectivity index (χ3n) is 4.70. The molecule has 2 rings (SSSR count). The van der Waals surface area contributed by atoms with Gasteiger partial charge in [0.2, 0.25) is 0 Å². The molecule has 29 heavy (non-hydrogen) atoms. The average Bonchev–Trinajstić information content (AvgIpc) is 2.73. The van der Waals surface area contributed by atoms with Crippen LogP contribution in [0.25, 0.3) is 0 Å². The Morgan fingerprint density at radius 2 is 1.90 bits per heavy atom. The Morgan fingerprint density at radius 1 is 1.17 bits per heavy atom. The van der Waals surface area contributed by atoms with Crippen LogP contribution in [0.3, 0.4) is 0 Å². The molecule has 0 bridgehead atoms. The highest BCUT2D eigenvalue weighted by atomic mass is 32.2. The fourth-order valence-electron chi connectivity index (χ4n) is 3.06. The molecule has 0 spiro atoms. The second-order valence-electron chi connectivity index (χ2n) is 6.91. The summed E-state index contributed by atoms with van der Waals surface area (Å²) in [5.74, 6) is 1.47. The maximum Gasteiger partial charge on any atom is 0.191 e. The number of nitrogens with one attached hydrogen (secondary N) is 2. The molecule has 0 radical (unpaired) electrons. The lowest BCUT2D eigenvalue weighted by Gasteiger charge is -2.20. The first-order valence-electron chi connectivity index (χ1n) is 9.78. The Bertz CT molecular complexity index is 912. The molecule has 158 valence electrons. The van der Waals surface area contributed by atoms with Crippen LogP contribution in [0.1, 0.15) is 24.5 Å². The lowest BCUT2D eigenvalue weighted by Crippen LogP contribution is -2.46. The zero-order valence-electron chi connectivity index (χ0n) is 17.6. The second kappa shape index (κ2) is 10.9. The van der Waals surface area contributed by atoms with Crippen LogP contribution in [0.2, 0.25) is 0 Å². The summed E-state index contributed by atoms with van der Waals surface area (Å²) in [4.78, 5) is 4.58. The van der Waals surface area contributed by atoms with E-state index in [1.807, 2.05) is 25.1 Å². The lowest BCUT2D eigenvalue weighted by atomic mass is 10.1. The van der Waals surface area contributed by atoms with Crippen LogP contribution in [0.15, 0.2) is 58.4 Å². The molecule has 0 aromatic heterocycles. The Labute approximate surface area is 174 Å². The Kier molecular flexibility index (Phi) is 8.51. The zero-order valence-corrected chi connectivity index (χ0v) is 18.4. The molecule has 0 aliphatic carbocycles. The summed E-state index contributed by atoms with van der Waals surface area (Å²) < 4.78 is 30.7. The molecule has 0 amide bonds. The van der Waals surface area contributed by atoms with Gasteiger partial charge >= 0.3 is 0 Å². The number of rotatable bonds is 9. The highest BCUT2D eigenvalue weighted by molar-refractivity contribution is 7.91. The molecule has 0 fully saturated rings. The predicted molar refractivity (Wildman–Crippen MR) is 119 cm³/mol. The number of nitrogens with zero attached hydrogens (tertiary/aromatic N) is 1. The van der Waals surface area contributed by atoms with Gasteiger partial charge in [0, 0.05) is 19.6 Å². The molecule has 2 aromatic rings. The van der Waals surface area contributed by atoms with Crippen molar-refractivity contribution in [3.63, 3.8) is 0 Å². The molecule has 0 aliphatic rings. The molecule has 0 saturated heterocycles. The predicted octanol–water partition coefficient (Wildman–Crippen LogP) is 2.96. The van der Waals surface area contributed by atoms with Crippen molar-refractivity contribution in [2.75, 3.05) is 26.5 Å². The summed E-state index contributed by atoms with van der Waals surface area (Å²) in [6.45, 7) is 4.67. The number of methoxy groups -OCH3 is 1. The third kappa shape index (κ3) is 6.78. The first-order chi connectivity index (χ1) is 13.9.